The van der Waals surface area contributed by atoms with Gasteiger partial charge >= 0.3 is 0 Å². The SMILES string of the molecule is CCCNc1nc(SCC)nc2c1cnn2CCNC(=O)c1ccc(Cn2ccnc2)cc1. The van der Waals surface area contributed by atoms with Gasteiger partial charge in [0.2, 0.25) is 0 Å². The maximum absolute atomic E-state index is 12.6. The Balaban J connectivity index is 1.39. The molecule has 3 heterocycles. The van der Waals surface area contributed by atoms with E-state index in [2.05, 4.69) is 44.5 Å². The normalized spacial score (nSPS) is 11.1. The molecule has 1 aromatic carbocycles. The lowest BCUT2D eigenvalue weighted by Crippen LogP contribution is -2.27. The lowest BCUT2D eigenvalue weighted by atomic mass is 10.1. The van der Waals surface area contributed by atoms with Crippen LogP contribution in [0.2, 0.25) is 0 Å². The van der Waals surface area contributed by atoms with Crippen molar-refractivity contribution in [1.82, 2.24) is 34.6 Å². The third-order valence-electron chi connectivity index (χ3n) is 5.04. The second-order valence-electron chi connectivity index (χ2n) is 7.51. The summed E-state index contributed by atoms with van der Waals surface area (Å²) < 4.78 is 3.81. The average Bonchev–Trinajstić information content (AvgIpc) is 3.48. The van der Waals surface area contributed by atoms with E-state index >= 15 is 0 Å². The van der Waals surface area contributed by atoms with Gasteiger partial charge in [0, 0.05) is 37.6 Å². The molecular formula is C23H28N8OS. The van der Waals surface area contributed by atoms with Gasteiger partial charge in [0.05, 0.1) is 24.5 Å². The molecule has 0 radical (unpaired) electrons. The molecule has 3 aromatic heterocycles. The smallest absolute Gasteiger partial charge is 0.251 e. The quantitative estimate of drug-likeness (QED) is 0.259. The summed E-state index contributed by atoms with van der Waals surface area (Å²) in [6, 6.07) is 7.62. The van der Waals surface area contributed by atoms with Gasteiger partial charge in [0.15, 0.2) is 10.8 Å². The Bertz CT molecular complexity index is 1190. The van der Waals surface area contributed by atoms with Crippen LogP contribution in [0.5, 0.6) is 0 Å². The summed E-state index contributed by atoms with van der Waals surface area (Å²) in [4.78, 5) is 25.9. The van der Waals surface area contributed by atoms with Crippen molar-refractivity contribution in [1.29, 1.82) is 0 Å². The molecule has 0 aliphatic heterocycles. The Labute approximate surface area is 197 Å². The number of thioether (sulfide) groups is 1. The molecule has 0 bridgehead atoms. The second kappa shape index (κ2) is 11.0. The molecule has 1 amide bonds. The molecule has 33 heavy (non-hydrogen) atoms. The molecule has 0 aliphatic rings. The highest BCUT2D eigenvalue weighted by Gasteiger charge is 2.13. The Morgan fingerprint density at radius 3 is 2.70 bits per heavy atom. The van der Waals surface area contributed by atoms with Gasteiger partial charge in [-0.2, -0.15) is 5.10 Å². The number of amides is 1. The predicted octanol–water partition coefficient (Wildman–Crippen LogP) is 3.44. The molecule has 10 heteroatoms. The minimum atomic E-state index is -0.109. The highest BCUT2D eigenvalue weighted by molar-refractivity contribution is 7.99. The third kappa shape index (κ3) is 5.70. The van der Waals surface area contributed by atoms with Crippen LogP contribution in [0.15, 0.2) is 54.3 Å². The number of anilines is 1. The van der Waals surface area contributed by atoms with E-state index in [-0.39, 0.29) is 5.91 Å². The Kier molecular flexibility index (Phi) is 7.56. The van der Waals surface area contributed by atoms with Crippen LogP contribution in [0.4, 0.5) is 5.82 Å². The standard InChI is InChI=1S/C23H28N8OS/c1-3-9-25-20-19-14-27-31(21(19)29-23(28-20)33-4-2)13-11-26-22(32)18-7-5-17(6-8-18)15-30-12-10-24-16-30/h5-8,10,12,14,16H,3-4,9,11,13,15H2,1-2H3,(H,26,32)(H,25,28,29). The van der Waals surface area contributed by atoms with Gasteiger partial charge in [-0.1, -0.05) is 37.7 Å². The number of benzene rings is 1. The van der Waals surface area contributed by atoms with Crippen molar-refractivity contribution >= 4 is 34.5 Å². The van der Waals surface area contributed by atoms with Crippen LogP contribution in [-0.2, 0) is 13.1 Å². The molecule has 0 saturated carbocycles. The molecule has 0 aliphatic carbocycles. The van der Waals surface area contributed by atoms with Crippen molar-refractivity contribution in [2.45, 2.75) is 38.5 Å². The fourth-order valence-electron chi connectivity index (χ4n) is 3.40. The first kappa shape index (κ1) is 22.8. The molecule has 172 valence electrons. The second-order valence-corrected chi connectivity index (χ2v) is 8.74. The van der Waals surface area contributed by atoms with E-state index in [1.165, 1.54) is 0 Å². The number of aromatic nitrogens is 6. The van der Waals surface area contributed by atoms with Gasteiger partial charge in [0.25, 0.3) is 5.91 Å². The molecule has 0 unspecified atom stereocenters. The Morgan fingerprint density at radius 2 is 1.97 bits per heavy atom. The molecule has 0 saturated heterocycles. The van der Waals surface area contributed by atoms with Gasteiger partial charge in [-0.3, -0.25) is 4.79 Å². The van der Waals surface area contributed by atoms with Crippen LogP contribution in [0.25, 0.3) is 11.0 Å². The summed E-state index contributed by atoms with van der Waals surface area (Å²) >= 11 is 1.60. The minimum Gasteiger partial charge on any atom is -0.369 e. The molecule has 4 rings (SSSR count). The fourth-order valence-corrected chi connectivity index (χ4v) is 3.97. The number of imidazole rings is 1. The van der Waals surface area contributed by atoms with E-state index in [9.17, 15) is 4.79 Å². The first-order valence-electron chi connectivity index (χ1n) is 11.1. The molecule has 9 nitrogen and oxygen atoms in total. The van der Waals surface area contributed by atoms with E-state index in [1.807, 2.05) is 39.7 Å². The van der Waals surface area contributed by atoms with Gasteiger partial charge in [-0.15, -0.1) is 0 Å². The van der Waals surface area contributed by atoms with Crippen LogP contribution in [-0.4, -0.2) is 54.0 Å². The number of hydrogen-bond acceptors (Lipinski definition) is 7. The van der Waals surface area contributed by atoms with Crippen LogP contribution < -0.4 is 10.6 Å². The molecule has 2 N–H and O–H groups in total. The van der Waals surface area contributed by atoms with E-state index in [0.717, 1.165) is 52.8 Å². The van der Waals surface area contributed by atoms with Crippen LogP contribution in [0, 0.1) is 0 Å². The monoisotopic (exact) mass is 464 g/mol. The lowest BCUT2D eigenvalue weighted by Gasteiger charge is -2.09. The third-order valence-corrected chi connectivity index (χ3v) is 5.77. The highest BCUT2D eigenvalue weighted by atomic mass is 32.2. The predicted molar refractivity (Wildman–Crippen MR) is 131 cm³/mol. The van der Waals surface area contributed by atoms with Gasteiger partial charge in [-0.05, 0) is 29.9 Å². The number of rotatable bonds is 11. The maximum atomic E-state index is 12.6. The zero-order chi connectivity index (χ0) is 23.0. The lowest BCUT2D eigenvalue weighted by molar-refractivity contribution is 0.0952. The Hall–Kier alpha value is -3.40. The number of carbonyl (C=O) groups excluding carboxylic acids is 1. The number of nitrogens with one attached hydrogen (secondary N) is 2. The first-order valence-corrected chi connectivity index (χ1v) is 12.1. The summed E-state index contributed by atoms with van der Waals surface area (Å²) in [5.74, 6) is 1.59. The van der Waals surface area contributed by atoms with E-state index in [1.54, 1.807) is 30.5 Å². The van der Waals surface area contributed by atoms with Crippen molar-refractivity contribution in [3.05, 3.63) is 60.3 Å². The molecular weight excluding hydrogens is 436 g/mol. The number of nitrogens with zero attached hydrogens (tertiary/aromatic N) is 6. The summed E-state index contributed by atoms with van der Waals surface area (Å²) in [5.41, 5.74) is 2.52. The zero-order valence-corrected chi connectivity index (χ0v) is 19.7. The summed E-state index contributed by atoms with van der Waals surface area (Å²) in [6.07, 6.45) is 8.23. The molecule has 4 aromatic rings. The maximum Gasteiger partial charge on any atom is 0.251 e. The van der Waals surface area contributed by atoms with Gasteiger partial charge < -0.3 is 15.2 Å². The van der Waals surface area contributed by atoms with Crippen molar-refractivity contribution in [3.8, 4) is 0 Å². The van der Waals surface area contributed by atoms with Crippen LogP contribution in [0.3, 0.4) is 0 Å². The molecule has 0 fully saturated rings. The van der Waals surface area contributed by atoms with Crippen molar-refractivity contribution in [2.75, 3.05) is 24.2 Å². The Morgan fingerprint density at radius 1 is 1.12 bits per heavy atom. The summed E-state index contributed by atoms with van der Waals surface area (Å²) in [5, 5.41) is 12.5. The van der Waals surface area contributed by atoms with E-state index < -0.39 is 0 Å². The van der Waals surface area contributed by atoms with Crippen molar-refractivity contribution in [2.24, 2.45) is 0 Å². The number of carbonyl (C=O) groups is 1. The topological polar surface area (TPSA) is 103 Å². The van der Waals surface area contributed by atoms with E-state index in [0.29, 0.717) is 18.7 Å². The van der Waals surface area contributed by atoms with E-state index in [4.69, 9.17) is 0 Å². The average molecular weight is 465 g/mol. The molecule has 0 spiro atoms. The number of hydrogen-bond donors (Lipinski definition) is 2. The van der Waals surface area contributed by atoms with Gasteiger partial charge in [-0.25, -0.2) is 19.6 Å². The van der Waals surface area contributed by atoms with Crippen LogP contribution in [0.1, 0.15) is 36.2 Å². The summed E-state index contributed by atoms with van der Waals surface area (Å²) in [6.45, 7) is 6.73. The zero-order valence-electron chi connectivity index (χ0n) is 18.9. The van der Waals surface area contributed by atoms with Crippen molar-refractivity contribution in [3.63, 3.8) is 0 Å². The fraction of sp³-hybridized carbons (Fsp3) is 0.348. The largest absolute Gasteiger partial charge is 0.369 e. The molecule has 0 atom stereocenters. The minimum absolute atomic E-state index is 0.109. The number of fused-ring (bicyclic) bond motifs is 1. The highest BCUT2D eigenvalue weighted by Crippen LogP contribution is 2.24. The summed E-state index contributed by atoms with van der Waals surface area (Å²) in [7, 11) is 0. The van der Waals surface area contributed by atoms with Crippen LogP contribution >= 0.6 is 11.8 Å². The van der Waals surface area contributed by atoms with Gasteiger partial charge in [0.1, 0.15) is 5.82 Å². The van der Waals surface area contributed by atoms with Crippen molar-refractivity contribution < 1.29 is 4.79 Å². The first-order chi connectivity index (χ1) is 16.2.